The van der Waals surface area contributed by atoms with Crippen LogP contribution in [0.3, 0.4) is 0 Å². The maximum Gasteiger partial charge on any atom is 0.417 e. The van der Waals surface area contributed by atoms with Crippen molar-refractivity contribution in [2.24, 2.45) is 0 Å². The van der Waals surface area contributed by atoms with Gasteiger partial charge in [0, 0.05) is 52.4 Å². The standard InChI is InChI=1S/C26H32F3N5O5S/c1-4-40(37,38)33-11-9-31(10-12-33)7-8-32-15-24(2)20-21(25(3,16-32)39-24)23(36)34(22(20)35)18-6-5-17(14-30)19(13-18)26(27,28)29/h5-6,13,35-36H,4,7-12,15-16H2,1-3H3/t24-,25+. The van der Waals surface area contributed by atoms with Crippen LogP contribution in [0, 0.1) is 11.3 Å². The second-order valence-corrected chi connectivity index (χ2v) is 13.2. The van der Waals surface area contributed by atoms with Crippen molar-refractivity contribution in [1.82, 2.24) is 18.7 Å². The van der Waals surface area contributed by atoms with Gasteiger partial charge in [0.15, 0.2) is 0 Å². The van der Waals surface area contributed by atoms with Gasteiger partial charge in [-0.25, -0.2) is 8.42 Å². The molecule has 10 nitrogen and oxygen atoms in total. The first-order valence-electron chi connectivity index (χ1n) is 13.1. The number of piperazine rings is 1. The number of rotatable bonds is 6. The molecule has 1 aromatic heterocycles. The van der Waals surface area contributed by atoms with E-state index in [0.29, 0.717) is 63.5 Å². The van der Waals surface area contributed by atoms with Crippen LogP contribution >= 0.6 is 0 Å². The number of aromatic nitrogens is 1. The summed E-state index contributed by atoms with van der Waals surface area (Å²) in [5.41, 5.74) is -3.27. The van der Waals surface area contributed by atoms with E-state index in [1.165, 1.54) is 16.4 Å². The molecular formula is C26H32F3N5O5S. The van der Waals surface area contributed by atoms with Crippen molar-refractivity contribution in [3.8, 4) is 23.5 Å². The highest BCUT2D eigenvalue weighted by atomic mass is 32.2. The maximum atomic E-state index is 13.6. The average Bonchev–Trinajstić information content (AvgIpc) is 3.26. The molecule has 4 heterocycles. The van der Waals surface area contributed by atoms with Crippen LogP contribution in [-0.4, -0.2) is 95.4 Å². The van der Waals surface area contributed by atoms with Crippen molar-refractivity contribution >= 4 is 10.0 Å². The van der Waals surface area contributed by atoms with Crippen molar-refractivity contribution in [2.45, 2.75) is 38.1 Å². The van der Waals surface area contributed by atoms with Gasteiger partial charge in [-0.1, -0.05) is 0 Å². The van der Waals surface area contributed by atoms with E-state index in [1.807, 2.05) is 0 Å². The van der Waals surface area contributed by atoms with Gasteiger partial charge in [-0.2, -0.15) is 22.7 Å². The molecular weight excluding hydrogens is 551 g/mol. The summed E-state index contributed by atoms with van der Waals surface area (Å²) in [7, 11) is -3.21. The number of nitriles is 1. The first kappa shape index (κ1) is 28.7. The minimum absolute atomic E-state index is 0.0788. The van der Waals surface area contributed by atoms with Crippen LogP contribution in [0.5, 0.6) is 11.8 Å². The topological polar surface area (TPSA) is 122 Å². The monoisotopic (exact) mass is 583 g/mol. The van der Waals surface area contributed by atoms with Crippen molar-refractivity contribution < 1.29 is 36.5 Å². The fraction of sp³-hybridized carbons (Fsp3) is 0.577. The Balaban J connectivity index is 1.37. The Labute approximate surface area is 230 Å². The summed E-state index contributed by atoms with van der Waals surface area (Å²) < 4.78 is 73.9. The summed E-state index contributed by atoms with van der Waals surface area (Å²) in [5.74, 6) is -0.742. The number of ether oxygens (including phenoxy) is 1. The summed E-state index contributed by atoms with van der Waals surface area (Å²) in [6.45, 7) is 9.40. The van der Waals surface area contributed by atoms with E-state index in [1.54, 1.807) is 20.8 Å². The molecule has 0 unspecified atom stereocenters. The Hall–Kier alpha value is -2.83. The Morgan fingerprint density at radius 2 is 1.55 bits per heavy atom. The van der Waals surface area contributed by atoms with E-state index in [9.17, 15) is 31.8 Å². The molecule has 3 aliphatic heterocycles. The van der Waals surface area contributed by atoms with Crippen molar-refractivity contribution in [2.75, 3.05) is 58.1 Å². The van der Waals surface area contributed by atoms with E-state index >= 15 is 0 Å². The molecule has 0 saturated carbocycles. The van der Waals surface area contributed by atoms with Crippen LogP contribution in [-0.2, 0) is 32.1 Å². The van der Waals surface area contributed by atoms with Crippen molar-refractivity contribution in [3.05, 3.63) is 40.5 Å². The van der Waals surface area contributed by atoms with Crippen LogP contribution in [0.1, 0.15) is 43.0 Å². The second-order valence-electron chi connectivity index (χ2n) is 11.0. The number of halogens is 3. The summed E-state index contributed by atoms with van der Waals surface area (Å²) in [6.07, 6.45) is -4.79. The van der Waals surface area contributed by atoms with E-state index in [2.05, 4.69) is 9.80 Å². The third-order valence-corrected chi connectivity index (χ3v) is 10.1. The highest BCUT2D eigenvalue weighted by Gasteiger charge is 2.58. The molecule has 2 atom stereocenters. The number of hydrogen-bond donors (Lipinski definition) is 2. The molecule has 14 heteroatoms. The Kier molecular flexibility index (Phi) is 6.91. The van der Waals surface area contributed by atoms with Crippen LogP contribution in [0.25, 0.3) is 5.69 Å². The lowest BCUT2D eigenvalue weighted by Gasteiger charge is -2.44. The lowest BCUT2D eigenvalue weighted by Crippen LogP contribution is -2.55. The van der Waals surface area contributed by atoms with Gasteiger partial charge in [-0.15, -0.1) is 0 Å². The molecule has 0 radical (unpaired) electrons. The highest BCUT2D eigenvalue weighted by Crippen LogP contribution is 2.59. The maximum absolute atomic E-state index is 13.6. The summed E-state index contributed by atoms with van der Waals surface area (Å²) in [6, 6.07) is 4.54. The lowest BCUT2D eigenvalue weighted by atomic mass is 9.94. The molecule has 2 aromatic rings. The Morgan fingerprint density at radius 3 is 2.05 bits per heavy atom. The first-order chi connectivity index (χ1) is 18.6. The number of sulfonamides is 1. The largest absolute Gasteiger partial charge is 0.494 e. The zero-order chi connectivity index (χ0) is 29.3. The first-order valence-corrected chi connectivity index (χ1v) is 14.7. The number of aromatic hydroxyl groups is 2. The van der Waals surface area contributed by atoms with Gasteiger partial charge in [-0.3, -0.25) is 14.4 Å². The zero-order valence-electron chi connectivity index (χ0n) is 22.5. The molecule has 2 N–H and O–H groups in total. The van der Waals surface area contributed by atoms with Gasteiger partial charge < -0.3 is 14.9 Å². The minimum Gasteiger partial charge on any atom is -0.494 e. The number of benzene rings is 1. The Morgan fingerprint density at radius 1 is 1.00 bits per heavy atom. The van der Waals surface area contributed by atoms with Gasteiger partial charge in [0.25, 0.3) is 0 Å². The van der Waals surface area contributed by atoms with Gasteiger partial charge in [0.2, 0.25) is 21.8 Å². The molecule has 2 bridgehead atoms. The summed E-state index contributed by atoms with van der Waals surface area (Å²) in [5, 5.41) is 31.6. The number of alkyl halides is 3. The van der Waals surface area contributed by atoms with Crippen LogP contribution in [0.15, 0.2) is 18.2 Å². The third kappa shape index (κ3) is 4.63. The third-order valence-electron chi connectivity index (χ3n) is 8.19. The van der Waals surface area contributed by atoms with Crippen molar-refractivity contribution in [1.29, 1.82) is 5.26 Å². The zero-order valence-corrected chi connectivity index (χ0v) is 23.3. The molecule has 2 saturated heterocycles. The van der Waals surface area contributed by atoms with Gasteiger partial charge >= 0.3 is 6.18 Å². The molecule has 0 amide bonds. The summed E-state index contributed by atoms with van der Waals surface area (Å²) in [4.78, 5) is 4.36. The molecule has 0 aliphatic carbocycles. The number of hydrogen-bond acceptors (Lipinski definition) is 8. The number of nitrogens with zero attached hydrogens (tertiary/aromatic N) is 5. The Bertz CT molecular complexity index is 1440. The van der Waals surface area contributed by atoms with Gasteiger partial charge in [-0.05, 0) is 39.0 Å². The molecule has 0 spiro atoms. The number of morpholine rings is 1. The summed E-state index contributed by atoms with van der Waals surface area (Å²) >= 11 is 0. The fourth-order valence-corrected chi connectivity index (χ4v) is 7.47. The molecule has 2 fully saturated rings. The second kappa shape index (κ2) is 9.63. The van der Waals surface area contributed by atoms with E-state index in [4.69, 9.17) is 10.00 Å². The predicted molar refractivity (Wildman–Crippen MR) is 139 cm³/mol. The van der Waals surface area contributed by atoms with Crippen molar-refractivity contribution in [3.63, 3.8) is 0 Å². The van der Waals surface area contributed by atoms with Crippen LogP contribution < -0.4 is 0 Å². The molecule has 40 heavy (non-hydrogen) atoms. The average molecular weight is 584 g/mol. The molecule has 5 rings (SSSR count). The van der Waals surface area contributed by atoms with E-state index < -0.39 is 50.3 Å². The van der Waals surface area contributed by atoms with Crippen LogP contribution in [0.4, 0.5) is 13.2 Å². The fourth-order valence-electron chi connectivity index (χ4n) is 6.38. The van der Waals surface area contributed by atoms with E-state index in [0.717, 1.165) is 16.7 Å². The smallest absolute Gasteiger partial charge is 0.417 e. The molecule has 218 valence electrons. The van der Waals surface area contributed by atoms with Crippen LogP contribution in [0.2, 0.25) is 0 Å². The SMILES string of the molecule is CCS(=O)(=O)N1CCN(CCN2C[C@@]3(C)O[C@@](C)(C2)c2c3c(O)n(-c3ccc(C#N)c(C(F)(F)F)c3)c2O)CC1. The minimum atomic E-state index is -4.79. The number of fused-ring (bicyclic) bond motifs is 5. The molecule has 3 aliphatic rings. The quantitative estimate of drug-likeness (QED) is 0.532. The predicted octanol–water partition coefficient (Wildman–Crippen LogP) is 2.52. The van der Waals surface area contributed by atoms with Gasteiger partial charge in [0.05, 0.1) is 39.8 Å². The van der Waals surface area contributed by atoms with E-state index in [-0.39, 0.29) is 11.4 Å². The highest BCUT2D eigenvalue weighted by molar-refractivity contribution is 7.89. The van der Waals surface area contributed by atoms with Gasteiger partial charge in [0.1, 0.15) is 11.2 Å². The lowest BCUT2D eigenvalue weighted by molar-refractivity contribution is -0.187. The molecule has 1 aromatic carbocycles. The normalized spacial score (nSPS) is 26.1.